The zero-order valence-corrected chi connectivity index (χ0v) is 19.0. The summed E-state index contributed by atoms with van der Waals surface area (Å²) < 4.78 is 11.5. The Morgan fingerprint density at radius 3 is 2.72 bits per heavy atom. The number of carbonyl (C=O) groups is 2. The van der Waals surface area contributed by atoms with Gasteiger partial charge in [0.1, 0.15) is 5.75 Å². The van der Waals surface area contributed by atoms with E-state index in [4.69, 9.17) is 9.47 Å². The molecular formula is C25H31N3O4. The molecule has 4 rings (SSSR count). The molecule has 0 bridgehead atoms. The third-order valence-electron chi connectivity index (χ3n) is 6.32. The molecule has 170 valence electrons. The van der Waals surface area contributed by atoms with Crippen molar-refractivity contribution in [3.05, 3.63) is 59.9 Å². The fourth-order valence-corrected chi connectivity index (χ4v) is 4.69. The van der Waals surface area contributed by atoms with Gasteiger partial charge in [0, 0.05) is 44.4 Å². The van der Waals surface area contributed by atoms with E-state index < -0.39 is 5.60 Å². The summed E-state index contributed by atoms with van der Waals surface area (Å²) >= 11 is 0. The average molecular weight is 438 g/mol. The molecular weight excluding hydrogens is 406 g/mol. The first-order chi connectivity index (χ1) is 15.4. The van der Waals surface area contributed by atoms with E-state index >= 15 is 0 Å². The summed E-state index contributed by atoms with van der Waals surface area (Å²) in [5.41, 5.74) is 0.868. The molecule has 2 aliphatic heterocycles. The Hall–Kier alpha value is -2.93. The molecule has 1 spiro atoms. The number of benzene rings is 1. The van der Waals surface area contributed by atoms with Crippen molar-refractivity contribution in [1.29, 1.82) is 0 Å². The second-order valence-corrected chi connectivity index (χ2v) is 9.02. The summed E-state index contributed by atoms with van der Waals surface area (Å²) in [5.74, 6) is 0.789. The molecule has 0 saturated carbocycles. The topological polar surface area (TPSA) is 72.0 Å². The van der Waals surface area contributed by atoms with Gasteiger partial charge in [0.15, 0.2) is 5.60 Å². The van der Waals surface area contributed by atoms with Gasteiger partial charge in [0.05, 0.1) is 20.3 Å². The third kappa shape index (κ3) is 4.35. The van der Waals surface area contributed by atoms with Crippen LogP contribution in [0, 0.1) is 5.92 Å². The summed E-state index contributed by atoms with van der Waals surface area (Å²) in [5, 5.41) is 0. The summed E-state index contributed by atoms with van der Waals surface area (Å²) in [6.45, 7) is 6.24. The smallest absolute Gasteiger partial charge is 0.257 e. The molecule has 1 aromatic carbocycles. The van der Waals surface area contributed by atoms with E-state index in [1.54, 1.807) is 24.4 Å². The van der Waals surface area contributed by atoms with Crippen LogP contribution >= 0.6 is 0 Å². The van der Waals surface area contributed by atoms with Crippen LogP contribution in [-0.2, 0) is 20.9 Å². The van der Waals surface area contributed by atoms with Crippen LogP contribution in [0.4, 0.5) is 0 Å². The van der Waals surface area contributed by atoms with Gasteiger partial charge in [0.2, 0.25) is 5.91 Å². The Bertz CT molecular complexity index is 947. The molecule has 3 heterocycles. The van der Waals surface area contributed by atoms with Crippen molar-refractivity contribution in [2.24, 2.45) is 5.92 Å². The summed E-state index contributed by atoms with van der Waals surface area (Å²) in [6, 6.07) is 11.6. The zero-order chi connectivity index (χ0) is 22.7. The molecule has 2 amide bonds. The number of likely N-dealkylation sites (tertiary alicyclic amines) is 1. The number of amides is 2. The number of methoxy groups -OCH3 is 1. The van der Waals surface area contributed by atoms with Crippen LogP contribution in [0.3, 0.4) is 0 Å². The van der Waals surface area contributed by atoms with E-state index in [9.17, 15) is 9.59 Å². The van der Waals surface area contributed by atoms with Gasteiger partial charge in [0.25, 0.3) is 5.91 Å². The predicted octanol–water partition coefficient (Wildman–Crippen LogP) is 2.86. The van der Waals surface area contributed by atoms with E-state index in [0.717, 1.165) is 16.9 Å². The predicted molar refractivity (Wildman–Crippen MR) is 120 cm³/mol. The molecule has 7 nitrogen and oxygen atoms in total. The monoisotopic (exact) mass is 437 g/mol. The van der Waals surface area contributed by atoms with Crippen molar-refractivity contribution in [3.8, 4) is 5.75 Å². The quantitative estimate of drug-likeness (QED) is 0.695. The maximum absolute atomic E-state index is 13.9. The molecule has 32 heavy (non-hydrogen) atoms. The van der Waals surface area contributed by atoms with Crippen molar-refractivity contribution < 1.29 is 19.1 Å². The van der Waals surface area contributed by atoms with Crippen LogP contribution in [0.15, 0.2) is 48.8 Å². The van der Waals surface area contributed by atoms with Crippen LogP contribution in [0.1, 0.15) is 37.3 Å². The first-order valence-corrected chi connectivity index (χ1v) is 11.2. The van der Waals surface area contributed by atoms with Gasteiger partial charge in [-0.25, -0.2) is 0 Å². The third-order valence-corrected chi connectivity index (χ3v) is 6.32. The largest absolute Gasteiger partial charge is 0.497 e. The minimum Gasteiger partial charge on any atom is -0.497 e. The Morgan fingerprint density at radius 1 is 1.28 bits per heavy atom. The lowest BCUT2D eigenvalue weighted by atomic mass is 9.83. The lowest BCUT2D eigenvalue weighted by Gasteiger charge is -2.42. The molecule has 0 radical (unpaired) electrons. The van der Waals surface area contributed by atoms with Crippen molar-refractivity contribution in [3.63, 3.8) is 0 Å². The first kappa shape index (κ1) is 22.3. The number of nitrogens with zero attached hydrogens (tertiary/aromatic N) is 3. The van der Waals surface area contributed by atoms with Gasteiger partial charge in [-0.05, 0) is 35.2 Å². The van der Waals surface area contributed by atoms with Gasteiger partial charge in [-0.15, -0.1) is 0 Å². The standard InChI is InChI=1S/C25H31N3O4/c1-18(2)13-23(29)28-16-22(20-5-4-10-26-14-20)25(17-28)24(30)27(11-12-32-25)15-19-6-8-21(31-3)9-7-19/h4-10,14,18,22H,11-13,15-17H2,1-3H3/t22-,25+/m0/s1. The number of hydrogen-bond acceptors (Lipinski definition) is 5. The fraction of sp³-hybridized carbons (Fsp3) is 0.480. The molecule has 0 aliphatic carbocycles. The van der Waals surface area contributed by atoms with Gasteiger partial charge in [-0.1, -0.05) is 32.0 Å². The van der Waals surface area contributed by atoms with Gasteiger partial charge in [-0.3, -0.25) is 14.6 Å². The highest BCUT2D eigenvalue weighted by Gasteiger charge is 2.57. The molecule has 2 aromatic rings. The van der Waals surface area contributed by atoms with Gasteiger partial charge >= 0.3 is 0 Å². The molecule has 2 atom stereocenters. The first-order valence-electron chi connectivity index (χ1n) is 11.2. The minimum atomic E-state index is -1.08. The highest BCUT2D eigenvalue weighted by Crippen LogP contribution is 2.42. The highest BCUT2D eigenvalue weighted by molar-refractivity contribution is 5.90. The Labute approximate surface area is 189 Å². The van der Waals surface area contributed by atoms with Crippen LogP contribution < -0.4 is 4.74 Å². The lowest BCUT2D eigenvalue weighted by molar-refractivity contribution is -0.173. The van der Waals surface area contributed by atoms with E-state index in [-0.39, 0.29) is 30.2 Å². The normalized spacial score (nSPS) is 23.2. The SMILES string of the molecule is COc1ccc(CN2CCO[C@@]3(CN(C(=O)CC(C)C)C[C@H]3c3cccnc3)C2=O)cc1. The molecule has 7 heteroatoms. The maximum atomic E-state index is 13.9. The lowest BCUT2D eigenvalue weighted by Crippen LogP contribution is -2.60. The number of rotatable bonds is 6. The minimum absolute atomic E-state index is 0.0618. The Morgan fingerprint density at radius 2 is 2.06 bits per heavy atom. The molecule has 0 N–H and O–H groups in total. The number of hydrogen-bond donors (Lipinski definition) is 0. The van der Waals surface area contributed by atoms with E-state index in [1.807, 2.05) is 55.1 Å². The second-order valence-electron chi connectivity index (χ2n) is 9.02. The highest BCUT2D eigenvalue weighted by atomic mass is 16.5. The molecule has 2 saturated heterocycles. The molecule has 2 fully saturated rings. The van der Waals surface area contributed by atoms with Crippen molar-refractivity contribution in [1.82, 2.24) is 14.8 Å². The van der Waals surface area contributed by atoms with E-state index in [2.05, 4.69) is 4.98 Å². The van der Waals surface area contributed by atoms with E-state index in [0.29, 0.717) is 32.7 Å². The molecule has 0 unspecified atom stereocenters. The summed E-state index contributed by atoms with van der Waals surface area (Å²) in [6.07, 6.45) is 3.95. The summed E-state index contributed by atoms with van der Waals surface area (Å²) in [4.78, 5) is 34.7. The maximum Gasteiger partial charge on any atom is 0.257 e. The Kier molecular flexibility index (Phi) is 6.46. The van der Waals surface area contributed by atoms with E-state index in [1.165, 1.54) is 0 Å². The van der Waals surface area contributed by atoms with Crippen LogP contribution in [0.5, 0.6) is 5.75 Å². The van der Waals surface area contributed by atoms with Crippen molar-refractivity contribution in [2.75, 3.05) is 33.4 Å². The molecule has 2 aliphatic rings. The van der Waals surface area contributed by atoms with Crippen LogP contribution in [-0.4, -0.2) is 65.6 Å². The average Bonchev–Trinajstić information content (AvgIpc) is 3.18. The number of ether oxygens (including phenoxy) is 2. The Balaban J connectivity index is 1.62. The van der Waals surface area contributed by atoms with Crippen LogP contribution in [0.25, 0.3) is 0 Å². The molecule has 1 aromatic heterocycles. The fourth-order valence-electron chi connectivity index (χ4n) is 4.69. The number of carbonyl (C=O) groups excluding carboxylic acids is 2. The zero-order valence-electron chi connectivity index (χ0n) is 19.0. The van der Waals surface area contributed by atoms with Gasteiger partial charge < -0.3 is 19.3 Å². The van der Waals surface area contributed by atoms with Crippen molar-refractivity contribution >= 4 is 11.8 Å². The van der Waals surface area contributed by atoms with Gasteiger partial charge in [-0.2, -0.15) is 0 Å². The summed E-state index contributed by atoms with van der Waals surface area (Å²) in [7, 11) is 1.63. The van der Waals surface area contributed by atoms with Crippen molar-refractivity contribution in [2.45, 2.75) is 38.3 Å². The number of pyridine rings is 1. The van der Waals surface area contributed by atoms with Crippen LogP contribution in [0.2, 0.25) is 0 Å². The number of morpholine rings is 1. The second kappa shape index (κ2) is 9.28. The number of aromatic nitrogens is 1.